The zero-order valence-corrected chi connectivity index (χ0v) is 18.1. The second kappa shape index (κ2) is 7.84. The van der Waals surface area contributed by atoms with Gasteiger partial charge >= 0.3 is 0 Å². The molecule has 0 fully saturated rings. The van der Waals surface area contributed by atoms with Crippen LogP contribution in [0.4, 0.5) is 0 Å². The lowest BCUT2D eigenvalue weighted by Crippen LogP contribution is -2.33. The molecule has 0 bridgehead atoms. The van der Waals surface area contributed by atoms with Gasteiger partial charge in [-0.25, -0.2) is 9.97 Å². The summed E-state index contributed by atoms with van der Waals surface area (Å²) >= 11 is 1.36. The standard InChI is InChI=1S/C23H28N4OS/c1-23(2,3)16-9-10-17-15(11-16)12-18-21(26-17)29-22(27-18)20(28)25-19(13-24)14-7-5-4-6-8-14/h4-8,12,16,19H,9-11,13,24H2,1-3H3,(H,25,28)/t16?,19-/m1/s1. The lowest BCUT2D eigenvalue weighted by atomic mass is 9.71. The van der Waals surface area contributed by atoms with Gasteiger partial charge in [-0.3, -0.25) is 4.79 Å². The molecule has 0 radical (unpaired) electrons. The Hall–Kier alpha value is -2.31. The summed E-state index contributed by atoms with van der Waals surface area (Å²) in [7, 11) is 0. The zero-order chi connectivity index (χ0) is 20.6. The van der Waals surface area contributed by atoms with Crippen molar-refractivity contribution in [2.24, 2.45) is 17.1 Å². The van der Waals surface area contributed by atoms with Gasteiger partial charge in [-0.05, 0) is 47.8 Å². The quantitative estimate of drug-likeness (QED) is 0.675. The van der Waals surface area contributed by atoms with Crippen LogP contribution >= 0.6 is 11.3 Å². The Kier molecular flexibility index (Phi) is 5.40. The van der Waals surface area contributed by atoms with Crippen LogP contribution in [0.1, 0.15) is 59.9 Å². The van der Waals surface area contributed by atoms with Crippen molar-refractivity contribution in [1.82, 2.24) is 15.3 Å². The van der Waals surface area contributed by atoms with E-state index in [1.807, 2.05) is 30.3 Å². The number of thiazole rings is 1. The van der Waals surface area contributed by atoms with E-state index in [-0.39, 0.29) is 17.4 Å². The summed E-state index contributed by atoms with van der Waals surface area (Å²) in [5, 5.41) is 3.45. The van der Waals surface area contributed by atoms with Crippen molar-refractivity contribution < 1.29 is 4.79 Å². The first kappa shape index (κ1) is 20.0. The summed E-state index contributed by atoms with van der Waals surface area (Å²) in [6, 6.07) is 11.7. The molecule has 1 aromatic carbocycles. The number of aromatic nitrogens is 2. The zero-order valence-electron chi connectivity index (χ0n) is 17.2. The number of hydrogen-bond donors (Lipinski definition) is 2. The van der Waals surface area contributed by atoms with Gasteiger partial charge in [0.15, 0.2) is 5.01 Å². The predicted octanol–water partition coefficient (Wildman–Crippen LogP) is 4.27. The van der Waals surface area contributed by atoms with Gasteiger partial charge in [-0.15, -0.1) is 0 Å². The average molecular weight is 409 g/mol. The van der Waals surface area contributed by atoms with E-state index in [1.54, 1.807) is 0 Å². The molecule has 6 heteroatoms. The molecule has 1 amide bonds. The first-order valence-corrected chi connectivity index (χ1v) is 11.0. The van der Waals surface area contributed by atoms with Crippen molar-refractivity contribution in [2.45, 2.75) is 46.1 Å². The summed E-state index contributed by atoms with van der Waals surface area (Å²) in [6.07, 6.45) is 3.19. The lowest BCUT2D eigenvalue weighted by molar-refractivity contribution is 0.0937. The van der Waals surface area contributed by atoms with Crippen LogP contribution in [0.3, 0.4) is 0 Å². The Morgan fingerprint density at radius 1 is 1.28 bits per heavy atom. The highest BCUT2D eigenvalue weighted by atomic mass is 32.1. The highest BCUT2D eigenvalue weighted by Gasteiger charge is 2.30. The van der Waals surface area contributed by atoms with E-state index >= 15 is 0 Å². The summed E-state index contributed by atoms with van der Waals surface area (Å²) in [5.41, 5.74) is 10.4. The fraction of sp³-hybridized carbons (Fsp3) is 0.435. The van der Waals surface area contributed by atoms with Gasteiger partial charge in [0.2, 0.25) is 0 Å². The van der Waals surface area contributed by atoms with Crippen LogP contribution in [0.25, 0.3) is 10.3 Å². The molecule has 0 saturated heterocycles. The third-order valence-electron chi connectivity index (χ3n) is 5.91. The topological polar surface area (TPSA) is 80.9 Å². The van der Waals surface area contributed by atoms with Crippen molar-refractivity contribution >= 4 is 27.6 Å². The molecular weight excluding hydrogens is 380 g/mol. The Morgan fingerprint density at radius 2 is 2.03 bits per heavy atom. The third-order valence-corrected chi connectivity index (χ3v) is 6.87. The van der Waals surface area contributed by atoms with E-state index < -0.39 is 0 Å². The van der Waals surface area contributed by atoms with Crippen LogP contribution in [0.5, 0.6) is 0 Å². The molecule has 2 aromatic heterocycles. The molecule has 2 atom stereocenters. The lowest BCUT2D eigenvalue weighted by Gasteiger charge is -2.34. The second-order valence-corrected chi connectivity index (χ2v) is 9.89. The number of fused-ring (bicyclic) bond motifs is 2. The molecule has 1 aliphatic rings. The van der Waals surface area contributed by atoms with Gasteiger partial charge in [-0.1, -0.05) is 62.4 Å². The van der Waals surface area contributed by atoms with Crippen molar-refractivity contribution in [3.63, 3.8) is 0 Å². The van der Waals surface area contributed by atoms with E-state index in [0.29, 0.717) is 17.5 Å². The fourth-order valence-corrected chi connectivity index (χ4v) is 4.88. The Morgan fingerprint density at radius 3 is 2.72 bits per heavy atom. The number of carbonyl (C=O) groups excluding carboxylic acids is 1. The molecule has 2 heterocycles. The van der Waals surface area contributed by atoms with Gasteiger partial charge in [0.25, 0.3) is 5.91 Å². The summed E-state index contributed by atoms with van der Waals surface area (Å²) in [4.78, 5) is 23.1. The van der Waals surface area contributed by atoms with Gasteiger partial charge < -0.3 is 11.1 Å². The van der Waals surface area contributed by atoms with Gasteiger partial charge in [-0.2, -0.15) is 0 Å². The van der Waals surface area contributed by atoms with Gasteiger partial charge in [0, 0.05) is 12.2 Å². The normalized spacial score (nSPS) is 17.7. The van der Waals surface area contributed by atoms with Crippen molar-refractivity contribution in [2.75, 3.05) is 6.54 Å². The van der Waals surface area contributed by atoms with Crippen LogP contribution in [-0.2, 0) is 12.8 Å². The van der Waals surface area contributed by atoms with Crippen molar-refractivity contribution in [3.8, 4) is 0 Å². The van der Waals surface area contributed by atoms with E-state index in [2.05, 4.69) is 37.1 Å². The van der Waals surface area contributed by atoms with Crippen molar-refractivity contribution in [3.05, 3.63) is 58.2 Å². The highest BCUT2D eigenvalue weighted by Crippen LogP contribution is 2.38. The monoisotopic (exact) mass is 408 g/mol. The smallest absolute Gasteiger partial charge is 0.280 e. The minimum absolute atomic E-state index is 0.196. The number of nitrogens with zero attached hydrogens (tertiary/aromatic N) is 2. The maximum atomic E-state index is 12.8. The molecule has 3 aromatic rings. The Labute approximate surface area is 175 Å². The third kappa shape index (κ3) is 4.19. The van der Waals surface area contributed by atoms with Crippen LogP contribution in [0.15, 0.2) is 36.4 Å². The molecule has 0 spiro atoms. The number of nitrogens with two attached hydrogens (primary N) is 1. The Bertz CT molecular complexity index is 1020. The molecule has 1 aliphatic carbocycles. The first-order valence-electron chi connectivity index (χ1n) is 10.2. The minimum Gasteiger partial charge on any atom is -0.342 e. The molecule has 5 nitrogen and oxygen atoms in total. The fourth-order valence-electron chi connectivity index (χ4n) is 4.03. The number of rotatable bonds is 4. The molecule has 4 rings (SSSR count). The number of amides is 1. The molecule has 3 N–H and O–H groups in total. The second-order valence-electron chi connectivity index (χ2n) is 8.92. The number of aryl methyl sites for hydroxylation is 1. The molecule has 0 saturated carbocycles. The van der Waals surface area contributed by atoms with Crippen LogP contribution in [0, 0.1) is 11.3 Å². The molecule has 29 heavy (non-hydrogen) atoms. The predicted molar refractivity (Wildman–Crippen MR) is 118 cm³/mol. The minimum atomic E-state index is -0.232. The SMILES string of the molecule is CC(C)(C)C1CCc2nc3sc(C(=O)N[C@H](CN)c4ccccc4)nc3cc2C1. The van der Waals surface area contributed by atoms with Crippen molar-refractivity contribution in [1.29, 1.82) is 0 Å². The molecule has 1 unspecified atom stereocenters. The maximum Gasteiger partial charge on any atom is 0.280 e. The summed E-state index contributed by atoms with van der Waals surface area (Å²) in [5.74, 6) is 0.449. The van der Waals surface area contributed by atoms with Crippen LogP contribution in [-0.4, -0.2) is 22.4 Å². The average Bonchev–Trinajstić information content (AvgIpc) is 3.12. The maximum absolute atomic E-state index is 12.8. The van der Waals surface area contributed by atoms with Gasteiger partial charge in [0.05, 0.1) is 6.04 Å². The van der Waals surface area contributed by atoms with E-state index in [9.17, 15) is 4.79 Å². The van der Waals surface area contributed by atoms with Crippen LogP contribution < -0.4 is 11.1 Å². The number of carbonyl (C=O) groups is 1. The first-order chi connectivity index (χ1) is 13.8. The largest absolute Gasteiger partial charge is 0.342 e. The highest BCUT2D eigenvalue weighted by molar-refractivity contribution is 7.19. The van der Waals surface area contributed by atoms with Gasteiger partial charge in [0.1, 0.15) is 10.3 Å². The summed E-state index contributed by atoms with van der Waals surface area (Å²) < 4.78 is 0. The molecular formula is C23H28N4OS. The van der Waals surface area contributed by atoms with E-state index in [1.165, 1.54) is 16.9 Å². The van der Waals surface area contributed by atoms with Crippen LogP contribution in [0.2, 0.25) is 0 Å². The number of nitrogens with one attached hydrogen (secondary N) is 1. The number of benzene rings is 1. The Balaban J connectivity index is 1.57. The number of pyridine rings is 1. The summed E-state index contributed by atoms with van der Waals surface area (Å²) in [6.45, 7) is 7.25. The molecule has 0 aliphatic heterocycles. The molecule has 152 valence electrons. The van der Waals surface area contributed by atoms with E-state index in [0.717, 1.165) is 40.9 Å². The number of hydrogen-bond acceptors (Lipinski definition) is 5. The van der Waals surface area contributed by atoms with E-state index in [4.69, 9.17) is 10.7 Å².